The van der Waals surface area contributed by atoms with Gasteiger partial charge < -0.3 is 33.7 Å². The molecule has 3 fully saturated rings. The number of ether oxygens (including phenoxy) is 5. The number of esters is 1. The van der Waals surface area contributed by atoms with Crippen LogP contribution < -0.4 is 0 Å². The molecule has 0 aromatic heterocycles. The van der Waals surface area contributed by atoms with Gasteiger partial charge in [0.25, 0.3) is 11.7 Å². The summed E-state index contributed by atoms with van der Waals surface area (Å²) in [6, 6.07) is -1.02. The smallest absolute Gasteiger partial charge is 0.329 e. The lowest BCUT2D eigenvalue weighted by Gasteiger charge is -2.47. The second-order valence-corrected chi connectivity index (χ2v) is 17.6. The van der Waals surface area contributed by atoms with Crippen LogP contribution in [0.15, 0.2) is 23.3 Å². The Kier molecular flexibility index (Phi) is 17.0. The number of methoxy groups -OCH3 is 3. The van der Waals surface area contributed by atoms with Crippen molar-refractivity contribution in [1.82, 2.24) is 4.90 Å². The summed E-state index contributed by atoms with van der Waals surface area (Å²) in [4.78, 5) is 57.7. The average Bonchev–Trinajstić information content (AvgIpc) is 3.17. The number of hydrogen-bond donors (Lipinski definition) is 1. The lowest BCUT2D eigenvalue weighted by molar-refractivity contribution is -0.302. The van der Waals surface area contributed by atoms with Crippen LogP contribution in [0.5, 0.6) is 0 Å². The third kappa shape index (κ3) is 11.1. The number of halogens is 1. The van der Waals surface area contributed by atoms with Gasteiger partial charge in [0, 0.05) is 46.1 Å². The van der Waals surface area contributed by atoms with Crippen LogP contribution in [-0.2, 0) is 42.9 Å². The second kappa shape index (κ2) is 20.5. The number of carbonyl (C=O) groups is 4. The third-order valence-electron chi connectivity index (χ3n) is 12.7. The van der Waals surface area contributed by atoms with Crippen LogP contribution in [0.3, 0.4) is 0 Å². The molecule has 11 nitrogen and oxygen atoms in total. The zero-order valence-electron chi connectivity index (χ0n) is 34.7. The Balaban J connectivity index is 1.73. The number of fused-ring (bicyclic) bond motifs is 3. The predicted molar refractivity (Wildman–Crippen MR) is 210 cm³/mol. The number of aliphatic hydroxyl groups is 1. The van der Waals surface area contributed by atoms with E-state index in [1.807, 2.05) is 27.7 Å². The van der Waals surface area contributed by atoms with E-state index in [9.17, 15) is 24.3 Å². The molecule has 2 saturated heterocycles. The van der Waals surface area contributed by atoms with E-state index in [1.165, 1.54) is 4.90 Å². The molecular weight excluding hydrogens is 726 g/mol. The van der Waals surface area contributed by atoms with Crippen LogP contribution in [0.1, 0.15) is 119 Å². The Bertz CT molecular complexity index is 1400. The number of carbonyl (C=O) groups excluding carboxylic acids is 4. The topological polar surface area (TPSA) is 138 Å². The molecule has 0 unspecified atom stereocenters. The first-order chi connectivity index (χ1) is 26.1. The fraction of sp³-hybridized carbons (Fsp3) is 0.814. The number of allylic oxidation sites excluding steroid dienone is 3. The molecule has 4 aliphatic rings. The molecule has 2 bridgehead atoms. The minimum Gasteiger partial charge on any atom is -0.456 e. The number of alkyl halides is 1. The Morgan fingerprint density at radius 1 is 0.964 bits per heavy atom. The Labute approximate surface area is 334 Å². The van der Waals surface area contributed by atoms with Gasteiger partial charge >= 0.3 is 5.97 Å². The van der Waals surface area contributed by atoms with Gasteiger partial charge in [0.05, 0.1) is 23.7 Å². The van der Waals surface area contributed by atoms with Crippen molar-refractivity contribution >= 4 is 35.0 Å². The molecule has 0 radical (unpaired) electrons. The Morgan fingerprint density at radius 2 is 1.64 bits per heavy atom. The standard InChI is InChI=1S/C43H68ClNO10/c1-10-31-20-25(2)19-26(3)21-36(52-8)39-37(53-9)23-29(6)43(50,55-39)40(47)41(48)45-18-12-11-13-33(45)42(49)54-38(27(4)14-17-34(31)46)28(5)22-30-15-16-32(44)35(24-30)51-7/h20,22,26-27,29-33,35-39,50H,10-19,21,23-24H2,1-9H3/b25-20+,28-22+/t26-,27+,29+,30-,31+,32-,33-,35+,36-,37-,38-,39+,43+/m0/s1. The van der Waals surface area contributed by atoms with Gasteiger partial charge in [-0.15, -0.1) is 11.6 Å². The maximum atomic E-state index is 14.3. The molecule has 3 heterocycles. The van der Waals surface area contributed by atoms with E-state index in [1.54, 1.807) is 28.3 Å². The predicted octanol–water partition coefficient (Wildman–Crippen LogP) is 6.75. The van der Waals surface area contributed by atoms with Crippen molar-refractivity contribution in [3.05, 3.63) is 23.3 Å². The molecule has 13 atom stereocenters. The summed E-state index contributed by atoms with van der Waals surface area (Å²) in [5, 5.41) is 12.0. The summed E-state index contributed by atoms with van der Waals surface area (Å²) in [6.07, 6.45) is 8.50. The van der Waals surface area contributed by atoms with Gasteiger partial charge in [-0.2, -0.15) is 0 Å². The third-order valence-corrected chi connectivity index (χ3v) is 13.2. The van der Waals surface area contributed by atoms with Crippen molar-refractivity contribution in [3.8, 4) is 0 Å². The van der Waals surface area contributed by atoms with E-state index in [0.717, 1.165) is 30.4 Å². The number of piperidine rings is 1. The molecule has 12 heteroatoms. The highest BCUT2D eigenvalue weighted by Crippen LogP contribution is 2.39. The number of ketones is 2. The van der Waals surface area contributed by atoms with Crippen LogP contribution in [-0.4, -0.2) is 109 Å². The highest BCUT2D eigenvalue weighted by atomic mass is 35.5. The van der Waals surface area contributed by atoms with Crippen LogP contribution in [0.25, 0.3) is 0 Å². The maximum absolute atomic E-state index is 14.3. The highest BCUT2D eigenvalue weighted by molar-refractivity contribution is 6.39. The van der Waals surface area contributed by atoms with E-state index in [2.05, 4.69) is 19.1 Å². The molecule has 0 spiro atoms. The minimum atomic E-state index is -2.45. The zero-order chi connectivity index (χ0) is 40.6. The van der Waals surface area contributed by atoms with Crippen molar-refractivity contribution in [2.75, 3.05) is 27.9 Å². The quantitative estimate of drug-likeness (QED) is 0.133. The van der Waals surface area contributed by atoms with Crippen molar-refractivity contribution in [3.63, 3.8) is 0 Å². The van der Waals surface area contributed by atoms with Crippen LogP contribution >= 0.6 is 11.6 Å². The van der Waals surface area contributed by atoms with Gasteiger partial charge in [-0.1, -0.05) is 45.4 Å². The van der Waals surface area contributed by atoms with Gasteiger partial charge in [0.15, 0.2) is 0 Å². The van der Waals surface area contributed by atoms with Crippen LogP contribution in [0, 0.1) is 29.6 Å². The van der Waals surface area contributed by atoms with Crippen LogP contribution in [0.4, 0.5) is 0 Å². The molecular formula is C43H68ClNO10. The lowest BCUT2D eigenvalue weighted by Crippen LogP contribution is -2.64. The maximum Gasteiger partial charge on any atom is 0.329 e. The number of rotatable bonds is 6. The lowest BCUT2D eigenvalue weighted by atomic mass is 9.82. The molecule has 3 aliphatic heterocycles. The van der Waals surface area contributed by atoms with Crippen molar-refractivity contribution in [2.45, 2.75) is 166 Å². The monoisotopic (exact) mass is 793 g/mol. The molecule has 1 aliphatic carbocycles. The molecule has 4 rings (SSSR count). The van der Waals surface area contributed by atoms with Crippen LogP contribution in [0.2, 0.25) is 0 Å². The number of Topliss-reactive ketones (excluding diaryl/α,β-unsaturated/α-hetero) is 2. The number of hydrogen-bond acceptors (Lipinski definition) is 10. The highest BCUT2D eigenvalue weighted by Gasteiger charge is 2.56. The van der Waals surface area contributed by atoms with Gasteiger partial charge in [-0.3, -0.25) is 14.4 Å². The van der Waals surface area contributed by atoms with Gasteiger partial charge in [-0.05, 0) is 108 Å². The van der Waals surface area contributed by atoms with Gasteiger partial charge in [-0.25, -0.2) is 4.79 Å². The van der Waals surface area contributed by atoms with E-state index in [4.69, 9.17) is 35.3 Å². The van der Waals surface area contributed by atoms with Crippen molar-refractivity contribution in [2.24, 2.45) is 29.6 Å². The molecule has 0 aromatic carbocycles. The molecule has 312 valence electrons. The first kappa shape index (κ1) is 45.6. The van der Waals surface area contributed by atoms with Gasteiger partial charge in [0.2, 0.25) is 5.79 Å². The molecule has 1 saturated carbocycles. The van der Waals surface area contributed by atoms with E-state index in [0.29, 0.717) is 51.4 Å². The van der Waals surface area contributed by atoms with Crippen molar-refractivity contribution in [1.29, 1.82) is 0 Å². The average molecular weight is 794 g/mol. The number of nitrogens with zero attached hydrogens (tertiary/aromatic N) is 1. The summed E-state index contributed by atoms with van der Waals surface area (Å²) >= 11 is 6.54. The summed E-state index contributed by atoms with van der Waals surface area (Å²) in [5.41, 5.74) is 1.95. The summed E-state index contributed by atoms with van der Waals surface area (Å²) in [7, 11) is 4.78. The fourth-order valence-electron chi connectivity index (χ4n) is 9.37. The fourth-order valence-corrected chi connectivity index (χ4v) is 9.70. The molecule has 1 N–H and O–H groups in total. The van der Waals surface area contributed by atoms with E-state index < -0.39 is 59.8 Å². The van der Waals surface area contributed by atoms with Crippen molar-refractivity contribution < 1.29 is 48.0 Å². The first-order valence-electron chi connectivity index (χ1n) is 20.6. The SMILES string of the molecule is CC[C@@H]1/C=C(\C)C[C@H](C)C[C@H](OC)[C@H]2O[C@@](O)(C(=O)C(=O)N3CCCC[C@H]3C(=O)O[C@H](/C(C)=C/[C@@H]3CC[C@H](Cl)[C@H](OC)C3)[C@H](C)CCC1=O)[C@H](C)C[C@@H]2OC. The zero-order valence-corrected chi connectivity index (χ0v) is 35.5. The second-order valence-electron chi connectivity index (χ2n) is 17.0. The number of amides is 1. The Morgan fingerprint density at radius 3 is 2.29 bits per heavy atom. The molecule has 55 heavy (non-hydrogen) atoms. The largest absolute Gasteiger partial charge is 0.456 e. The summed E-state index contributed by atoms with van der Waals surface area (Å²) in [6.45, 7) is 11.9. The van der Waals surface area contributed by atoms with Gasteiger partial charge in [0.1, 0.15) is 24.0 Å². The normalized spacial score (nSPS) is 40.7. The van der Waals surface area contributed by atoms with E-state index in [-0.39, 0.29) is 53.9 Å². The summed E-state index contributed by atoms with van der Waals surface area (Å²) in [5.74, 6) is -5.98. The number of cyclic esters (lactones) is 1. The molecule has 1 amide bonds. The Hall–Kier alpha value is -2.15. The minimum absolute atomic E-state index is 0.0643. The van der Waals surface area contributed by atoms with E-state index >= 15 is 0 Å². The molecule has 0 aromatic rings. The first-order valence-corrected chi connectivity index (χ1v) is 21.1. The summed E-state index contributed by atoms with van der Waals surface area (Å²) < 4.78 is 30.0.